The van der Waals surface area contributed by atoms with Gasteiger partial charge in [-0.25, -0.2) is 4.79 Å². The van der Waals surface area contributed by atoms with Crippen molar-refractivity contribution in [3.63, 3.8) is 0 Å². The highest BCUT2D eigenvalue weighted by atomic mass is 32.2. The van der Waals surface area contributed by atoms with Crippen molar-refractivity contribution in [3.8, 4) is 46.3 Å². The van der Waals surface area contributed by atoms with Crippen molar-refractivity contribution in [1.82, 2.24) is 15.1 Å². The van der Waals surface area contributed by atoms with Gasteiger partial charge in [0.1, 0.15) is 18.4 Å². The van der Waals surface area contributed by atoms with Crippen molar-refractivity contribution in [2.24, 2.45) is 0 Å². The number of rotatable bonds is 4. The van der Waals surface area contributed by atoms with Crippen molar-refractivity contribution in [2.75, 3.05) is 53.6 Å². The molecule has 7 aliphatic rings. The number of likely N-dealkylation sites (N-methyl/N-ethyl adjacent to an activating group) is 1. The number of aryl methyl sites for hydroxylation is 1. The van der Waals surface area contributed by atoms with Gasteiger partial charge in [-0.05, 0) is 75.0 Å². The van der Waals surface area contributed by atoms with E-state index >= 15 is 0 Å². The Labute approximate surface area is 318 Å². The van der Waals surface area contributed by atoms with Crippen LogP contribution in [-0.2, 0) is 27.9 Å². The number of esters is 1. The van der Waals surface area contributed by atoms with Gasteiger partial charge >= 0.3 is 5.97 Å². The van der Waals surface area contributed by atoms with Gasteiger partial charge in [0, 0.05) is 46.6 Å². The molecule has 0 aromatic heterocycles. The van der Waals surface area contributed by atoms with Crippen LogP contribution in [0.3, 0.4) is 0 Å². The third kappa shape index (κ3) is 4.65. The van der Waals surface area contributed by atoms with Gasteiger partial charge in [0.2, 0.25) is 6.79 Å². The molecular weight excluding hydrogens is 713 g/mol. The average molecular weight is 757 g/mol. The molecule has 0 aliphatic carbocycles. The fraction of sp³-hybridized carbons (Fsp3) is 0.500. The van der Waals surface area contributed by atoms with E-state index in [1.165, 1.54) is 7.11 Å². The zero-order valence-corrected chi connectivity index (χ0v) is 32.0. The highest BCUT2D eigenvalue weighted by Gasteiger charge is 2.61. The Balaban J connectivity index is 1.33. The molecule has 7 heterocycles. The molecule has 0 amide bonds. The molecule has 3 aromatic rings. The molecule has 7 aliphatic heterocycles. The summed E-state index contributed by atoms with van der Waals surface area (Å²) in [7, 11) is 5.10. The third-order valence-corrected chi connectivity index (χ3v) is 14.0. The van der Waals surface area contributed by atoms with Crippen LogP contribution in [-0.4, -0.2) is 97.7 Å². The predicted molar refractivity (Wildman–Crippen MR) is 198 cm³/mol. The minimum absolute atomic E-state index is 0.00879. The van der Waals surface area contributed by atoms with Gasteiger partial charge in [0.05, 0.1) is 44.2 Å². The summed E-state index contributed by atoms with van der Waals surface area (Å²) in [6.07, 6.45) is 1.14. The lowest BCUT2D eigenvalue weighted by Crippen LogP contribution is -2.69. The summed E-state index contributed by atoms with van der Waals surface area (Å²) in [5, 5.41) is 37.1. The van der Waals surface area contributed by atoms with Gasteiger partial charge in [-0.15, -0.1) is 11.8 Å². The van der Waals surface area contributed by atoms with E-state index in [9.17, 15) is 20.3 Å². The fourth-order valence-corrected chi connectivity index (χ4v) is 11.9. The van der Waals surface area contributed by atoms with Crippen LogP contribution in [0, 0.1) is 25.2 Å². The number of hydrogen-bond acceptors (Lipinski definition) is 14. The molecule has 0 saturated carbocycles. The third-order valence-electron chi connectivity index (χ3n) is 12.5. The number of aromatic hydroxyl groups is 2. The van der Waals surface area contributed by atoms with E-state index in [1.54, 1.807) is 31.0 Å². The standard InChI is InChI=1S/C40H44N4O9S/c1-7-50-35-19(3)36-37(53-17-52-36)29-25-15-51-39(47)40(22-13-27(48-5)26(45)12-20(22)8-9-42-40)16-54-38(30(29)35)32-31-28-21(10-18(2)34(49-6)33(28)46)11-23(43(31)4)24(14-41)44(25)32/h10,12-13,23-25,31-32,38,42,45-46H,7-9,11,15-17H2,1-6H3/t23-,24+,25+,31+,32?,38-,40-/m1/s1. The number of piperazine rings is 1. The van der Waals surface area contributed by atoms with Crippen LogP contribution in [0.25, 0.3) is 0 Å². The van der Waals surface area contributed by atoms with Gasteiger partial charge in [-0.3, -0.25) is 15.1 Å². The maximum absolute atomic E-state index is 14.8. The maximum atomic E-state index is 14.8. The van der Waals surface area contributed by atoms with Gasteiger partial charge < -0.3 is 38.6 Å². The molecular formula is C40H44N4O9S. The lowest BCUT2D eigenvalue weighted by Gasteiger charge is -2.62. The van der Waals surface area contributed by atoms with Crippen molar-refractivity contribution in [3.05, 3.63) is 62.7 Å². The van der Waals surface area contributed by atoms with Crippen molar-refractivity contribution >= 4 is 17.7 Å². The zero-order valence-electron chi connectivity index (χ0n) is 31.1. The Morgan fingerprint density at radius 3 is 2.59 bits per heavy atom. The molecule has 284 valence electrons. The van der Waals surface area contributed by atoms with Crippen LogP contribution < -0.4 is 29.0 Å². The first-order chi connectivity index (χ1) is 26.1. The van der Waals surface area contributed by atoms with E-state index in [1.807, 2.05) is 27.8 Å². The summed E-state index contributed by atoms with van der Waals surface area (Å²) in [5.74, 6) is 2.43. The Morgan fingerprint density at radius 1 is 1.06 bits per heavy atom. The van der Waals surface area contributed by atoms with E-state index < -0.39 is 34.9 Å². The maximum Gasteiger partial charge on any atom is 0.331 e. The Bertz CT molecular complexity index is 2140. The van der Waals surface area contributed by atoms with E-state index in [0.29, 0.717) is 54.6 Å². The number of nitriles is 1. The van der Waals surface area contributed by atoms with Crippen LogP contribution in [0.2, 0.25) is 0 Å². The van der Waals surface area contributed by atoms with E-state index in [0.717, 1.165) is 38.9 Å². The SMILES string of the molecule is CCOc1c(C)c2c(c3c1[C@H]1SC[C@]4(NCCc5cc(O)c(OC)cc54)C(=O)OC[C@@H]3N3C1[C@@H]1c4c(cc(C)c(OC)c4O)C[C@H]([C@@H]3C#N)N1C)OCO2. The fourth-order valence-electron chi connectivity index (χ4n) is 10.2. The molecule has 3 aromatic carbocycles. The van der Waals surface area contributed by atoms with E-state index in [4.69, 9.17) is 28.4 Å². The van der Waals surface area contributed by atoms with Gasteiger partial charge in [-0.1, -0.05) is 6.07 Å². The first-order valence-corrected chi connectivity index (χ1v) is 19.5. The molecule has 14 heteroatoms. The second-order valence-corrected chi connectivity index (χ2v) is 16.1. The molecule has 0 radical (unpaired) electrons. The zero-order chi connectivity index (χ0) is 37.8. The number of ether oxygens (including phenoxy) is 6. The molecule has 2 fully saturated rings. The lowest BCUT2D eigenvalue weighted by molar-refractivity contribution is -0.157. The van der Waals surface area contributed by atoms with Crippen molar-refractivity contribution in [1.29, 1.82) is 5.26 Å². The van der Waals surface area contributed by atoms with Gasteiger partial charge in [0.25, 0.3) is 0 Å². The molecule has 1 unspecified atom stereocenters. The molecule has 7 atom stereocenters. The van der Waals surface area contributed by atoms with Crippen LogP contribution in [0.4, 0.5) is 0 Å². The topological polar surface area (TPSA) is 155 Å². The summed E-state index contributed by atoms with van der Waals surface area (Å²) in [6.45, 7) is 6.67. The second-order valence-electron chi connectivity index (χ2n) is 14.9. The first-order valence-electron chi connectivity index (χ1n) is 18.4. The normalized spacial score (nSPS) is 29.3. The first kappa shape index (κ1) is 35.2. The number of fused-ring (bicyclic) bond motifs is 9. The van der Waals surface area contributed by atoms with Crippen LogP contribution >= 0.6 is 11.8 Å². The molecule has 54 heavy (non-hydrogen) atoms. The number of hydrogen-bond donors (Lipinski definition) is 3. The molecule has 4 bridgehead atoms. The Hall–Kier alpha value is -4.55. The smallest absolute Gasteiger partial charge is 0.331 e. The number of phenolic OH excluding ortho intramolecular Hbond substituents is 2. The largest absolute Gasteiger partial charge is 0.504 e. The molecule has 1 spiro atoms. The summed E-state index contributed by atoms with van der Waals surface area (Å²) in [6, 6.07) is 5.91. The highest BCUT2D eigenvalue weighted by molar-refractivity contribution is 7.99. The highest BCUT2D eigenvalue weighted by Crippen LogP contribution is 2.64. The van der Waals surface area contributed by atoms with Crippen LogP contribution in [0.15, 0.2) is 18.2 Å². The monoisotopic (exact) mass is 756 g/mol. The van der Waals surface area contributed by atoms with Crippen molar-refractivity contribution < 1.29 is 43.4 Å². The number of carbonyl (C=O) groups excluding carboxylic acids is 1. The van der Waals surface area contributed by atoms with Gasteiger partial charge in [0.15, 0.2) is 40.0 Å². The van der Waals surface area contributed by atoms with Crippen molar-refractivity contribution in [2.45, 2.75) is 74.6 Å². The molecule has 10 rings (SSSR count). The summed E-state index contributed by atoms with van der Waals surface area (Å²) in [4.78, 5) is 19.2. The quantitative estimate of drug-likeness (QED) is 0.321. The summed E-state index contributed by atoms with van der Waals surface area (Å²) >= 11 is 1.59. The number of carbonyl (C=O) groups is 1. The Morgan fingerprint density at radius 2 is 1.85 bits per heavy atom. The lowest BCUT2D eigenvalue weighted by atomic mass is 9.71. The minimum atomic E-state index is -1.29. The molecule has 2 saturated heterocycles. The molecule has 3 N–H and O–H groups in total. The number of nitrogens with one attached hydrogen (secondary N) is 1. The number of nitrogens with zero attached hydrogens (tertiary/aromatic N) is 3. The average Bonchev–Trinajstić information content (AvgIpc) is 3.65. The van der Waals surface area contributed by atoms with E-state index in [2.05, 4.69) is 27.3 Å². The second kappa shape index (κ2) is 12.8. The predicted octanol–water partition coefficient (Wildman–Crippen LogP) is 4.46. The van der Waals surface area contributed by atoms with Crippen LogP contribution in [0.5, 0.6) is 40.2 Å². The number of methoxy groups -OCH3 is 2. The summed E-state index contributed by atoms with van der Waals surface area (Å²) < 4.78 is 36.7. The molecule has 13 nitrogen and oxygen atoms in total. The number of phenols is 2. The van der Waals surface area contributed by atoms with Gasteiger partial charge in [-0.2, -0.15) is 5.26 Å². The number of thioether (sulfide) groups is 1. The summed E-state index contributed by atoms with van der Waals surface area (Å²) in [5.41, 5.74) is 5.35. The van der Waals surface area contributed by atoms with Crippen LogP contribution in [0.1, 0.15) is 68.8 Å². The number of benzene rings is 3. The minimum Gasteiger partial charge on any atom is -0.504 e. The van der Waals surface area contributed by atoms with E-state index in [-0.39, 0.29) is 48.5 Å². The Kier molecular flexibility index (Phi) is 8.31.